The minimum Gasteiger partial charge on any atom is -0.506 e. The van der Waals surface area contributed by atoms with Gasteiger partial charge < -0.3 is 45.3 Å². The molecule has 276 valence electrons. The maximum absolute atomic E-state index is 12.5. The quantitative estimate of drug-likeness (QED) is 0.0494. The summed E-state index contributed by atoms with van der Waals surface area (Å²) in [5.74, 6) is -7.89. The largest absolute Gasteiger partial charge is 0.506 e. The zero-order valence-electron chi connectivity index (χ0n) is 29.7. The lowest BCUT2D eigenvalue weighted by Crippen LogP contribution is -1.96. The van der Waals surface area contributed by atoms with E-state index in [1.54, 1.807) is 30.3 Å². The molecule has 0 amide bonds. The van der Waals surface area contributed by atoms with Gasteiger partial charge in [-0.3, -0.25) is 0 Å². The summed E-state index contributed by atoms with van der Waals surface area (Å²) >= 11 is 0. The summed E-state index contributed by atoms with van der Waals surface area (Å²) in [5.41, 5.74) is 2.08. The molecule has 10 rings (SSSR count). The van der Waals surface area contributed by atoms with E-state index in [0.717, 1.165) is 49.0 Å². The molecule has 1 heterocycles. The topological polar surface area (TPSA) is 175 Å². The van der Waals surface area contributed by atoms with Crippen LogP contribution in [0.25, 0.3) is 98.8 Å². The monoisotopic (exact) mass is 750 g/mol. The maximum atomic E-state index is 12.5. The molecule has 9 aromatic carbocycles. The lowest BCUT2D eigenvalue weighted by atomic mass is 9.82. The summed E-state index contributed by atoms with van der Waals surface area (Å²) < 4.78 is 6.55. The molecule has 9 heteroatoms. The van der Waals surface area contributed by atoms with Gasteiger partial charge in [-0.05, 0) is 55.8 Å². The molecule has 0 spiro atoms. The minimum absolute atomic E-state index is 0.235. The number of hydrogen-bond donors (Lipinski definition) is 8. The van der Waals surface area contributed by atoms with Crippen LogP contribution in [0.15, 0.2) is 138 Å². The van der Waals surface area contributed by atoms with Crippen LogP contribution in [-0.2, 0) is 0 Å². The third kappa shape index (κ3) is 4.63. The second-order valence-electron chi connectivity index (χ2n) is 13.9. The van der Waals surface area contributed by atoms with Gasteiger partial charge in [-0.1, -0.05) is 121 Å². The summed E-state index contributed by atoms with van der Waals surface area (Å²) in [6, 6.07) is 41.1. The standard InChI is InChI=1S/C48H30O9/c49-40-37(39-43(52)45(54)47(56)46(55)44(39)53)33(24-12-2-1-3-13-24)41(50)42(51)38(40)36-28-17-8-6-15-26(28)34(27-16-7-9-18-29(27)36)30-19-10-20-32-35(30)31-22-21-23-11-4-5-14-25(23)48(31)57-32/h1-22,49-56H. The van der Waals surface area contributed by atoms with Gasteiger partial charge in [0.1, 0.15) is 16.9 Å². The van der Waals surface area contributed by atoms with Gasteiger partial charge in [0.25, 0.3) is 0 Å². The van der Waals surface area contributed by atoms with Crippen molar-refractivity contribution in [1.29, 1.82) is 0 Å². The second-order valence-corrected chi connectivity index (χ2v) is 13.9. The SMILES string of the molecule is Oc1c(O)c(O)c(-c2c(O)c(-c3c4ccccc4c(-c4cccc5oc6c7ccccc7ccc6c45)c4ccccc34)c(O)c(O)c2-c2ccccc2)c(O)c1O. The van der Waals surface area contributed by atoms with Crippen LogP contribution in [0.4, 0.5) is 0 Å². The van der Waals surface area contributed by atoms with Gasteiger partial charge in [0.2, 0.25) is 17.2 Å². The third-order valence-corrected chi connectivity index (χ3v) is 10.9. The van der Waals surface area contributed by atoms with Crippen molar-refractivity contribution in [1.82, 2.24) is 0 Å². The zero-order valence-corrected chi connectivity index (χ0v) is 29.7. The number of fused-ring (bicyclic) bond motifs is 7. The Bertz CT molecular complexity index is 3240. The molecular formula is C48H30O9. The first-order valence-electron chi connectivity index (χ1n) is 18.0. The summed E-state index contributed by atoms with van der Waals surface area (Å²) in [6.45, 7) is 0. The third-order valence-electron chi connectivity index (χ3n) is 10.9. The van der Waals surface area contributed by atoms with E-state index >= 15 is 0 Å². The Hall–Kier alpha value is -8.04. The van der Waals surface area contributed by atoms with Gasteiger partial charge >= 0.3 is 0 Å². The molecule has 0 atom stereocenters. The first kappa shape index (κ1) is 33.5. The first-order valence-corrected chi connectivity index (χ1v) is 18.0. The van der Waals surface area contributed by atoms with Crippen LogP contribution in [0.5, 0.6) is 46.0 Å². The normalized spacial score (nSPS) is 11.7. The molecule has 8 N–H and O–H groups in total. The number of benzene rings is 9. The molecule has 9 nitrogen and oxygen atoms in total. The zero-order chi connectivity index (χ0) is 39.3. The molecule has 0 bridgehead atoms. The smallest absolute Gasteiger partial charge is 0.208 e. The van der Waals surface area contributed by atoms with Crippen molar-refractivity contribution in [2.45, 2.75) is 0 Å². The maximum Gasteiger partial charge on any atom is 0.208 e. The van der Waals surface area contributed by atoms with Gasteiger partial charge in [0.15, 0.2) is 23.0 Å². The molecular weight excluding hydrogens is 721 g/mol. The van der Waals surface area contributed by atoms with Crippen molar-refractivity contribution in [2.75, 3.05) is 0 Å². The van der Waals surface area contributed by atoms with Gasteiger partial charge in [0, 0.05) is 32.8 Å². The number of phenolic OH excluding ortho intramolecular Hbond substituents is 8. The fourth-order valence-electron chi connectivity index (χ4n) is 8.45. The second kappa shape index (κ2) is 12.2. The van der Waals surface area contributed by atoms with Crippen LogP contribution in [0.3, 0.4) is 0 Å². The average molecular weight is 751 g/mol. The van der Waals surface area contributed by atoms with E-state index in [1.807, 2.05) is 91.0 Å². The Morgan fingerprint density at radius 3 is 1.42 bits per heavy atom. The Labute approximate surface area is 322 Å². The van der Waals surface area contributed by atoms with Gasteiger partial charge in [0.05, 0.1) is 11.1 Å². The molecule has 0 unspecified atom stereocenters. The highest BCUT2D eigenvalue weighted by molar-refractivity contribution is 6.28. The summed E-state index contributed by atoms with van der Waals surface area (Å²) in [6.07, 6.45) is 0. The van der Waals surface area contributed by atoms with Crippen LogP contribution in [0, 0.1) is 0 Å². The molecule has 0 aliphatic rings. The molecule has 0 aliphatic heterocycles. The van der Waals surface area contributed by atoms with Crippen LogP contribution in [0.2, 0.25) is 0 Å². The van der Waals surface area contributed by atoms with Crippen molar-refractivity contribution in [3.8, 4) is 90.5 Å². The lowest BCUT2D eigenvalue weighted by molar-refractivity contribution is 0.329. The van der Waals surface area contributed by atoms with Crippen molar-refractivity contribution in [3.63, 3.8) is 0 Å². The van der Waals surface area contributed by atoms with E-state index < -0.39 is 57.1 Å². The van der Waals surface area contributed by atoms with Crippen LogP contribution < -0.4 is 0 Å². The van der Waals surface area contributed by atoms with Crippen LogP contribution in [0.1, 0.15) is 0 Å². The number of phenols is 8. The molecule has 57 heavy (non-hydrogen) atoms. The predicted molar refractivity (Wildman–Crippen MR) is 221 cm³/mol. The predicted octanol–water partition coefficient (Wildman–Crippen LogP) is 11.4. The fourth-order valence-corrected chi connectivity index (χ4v) is 8.45. The van der Waals surface area contributed by atoms with Crippen LogP contribution >= 0.6 is 0 Å². The number of aromatic hydroxyl groups is 8. The van der Waals surface area contributed by atoms with Gasteiger partial charge in [-0.15, -0.1) is 0 Å². The molecule has 10 aromatic rings. The Morgan fingerprint density at radius 1 is 0.298 bits per heavy atom. The average Bonchev–Trinajstić information content (AvgIpc) is 3.64. The Balaban J connectivity index is 1.36. The van der Waals surface area contributed by atoms with Gasteiger partial charge in [-0.2, -0.15) is 0 Å². The number of furan rings is 1. The molecule has 0 aliphatic carbocycles. The fraction of sp³-hybridized carbons (Fsp3) is 0. The van der Waals surface area contributed by atoms with E-state index in [1.165, 1.54) is 0 Å². The lowest BCUT2D eigenvalue weighted by Gasteiger charge is -2.24. The highest BCUT2D eigenvalue weighted by Crippen LogP contribution is 2.63. The molecule has 0 radical (unpaired) electrons. The summed E-state index contributed by atoms with van der Waals surface area (Å²) in [4.78, 5) is 0. The number of rotatable bonds is 4. The van der Waals surface area contributed by atoms with E-state index in [4.69, 9.17) is 4.42 Å². The summed E-state index contributed by atoms with van der Waals surface area (Å²) in [5, 5.41) is 97.0. The van der Waals surface area contributed by atoms with Crippen LogP contribution in [-0.4, -0.2) is 40.9 Å². The Morgan fingerprint density at radius 2 is 0.789 bits per heavy atom. The van der Waals surface area contributed by atoms with E-state index in [9.17, 15) is 40.9 Å². The minimum atomic E-state index is -1.20. The van der Waals surface area contributed by atoms with Crippen molar-refractivity contribution >= 4 is 54.3 Å². The van der Waals surface area contributed by atoms with E-state index in [0.29, 0.717) is 21.9 Å². The summed E-state index contributed by atoms with van der Waals surface area (Å²) in [7, 11) is 0. The van der Waals surface area contributed by atoms with E-state index in [2.05, 4.69) is 12.1 Å². The van der Waals surface area contributed by atoms with Gasteiger partial charge in [-0.25, -0.2) is 0 Å². The molecule has 0 saturated carbocycles. The highest BCUT2D eigenvalue weighted by atomic mass is 16.4. The van der Waals surface area contributed by atoms with Crippen molar-refractivity contribution < 1.29 is 45.3 Å². The molecule has 0 saturated heterocycles. The van der Waals surface area contributed by atoms with Crippen molar-refractivity contribution in [3.05, 3.63) is 133 Å². The molecule has 1 aromatic heterocycles. The Kier molecular flexibility index (Phi) is 7.20. The van der Waals surface area contributed by atoms with Crippen molar-refractivity contribution in [2.24, 2.45) is 0 Å². The van der Waals surface area contributed by atoms with E-state index in [-0.39, 0.29) is 16.7 Å². The first-order chi connectivity index (χ1) is 27.7. The molecule has 0 fully saturated rings. The highest BCUT2D eigenvalue weighted by Gasteiger charge is 2.34. The number of hydrogen-bond acceptors (Lipinski definition) is 9.